The molecule has 6 nitrogen and oxygen atoms in total. The number of aryl methyl sites for hydroxylation is 3. The number of aliphatic hydroxyl groups excluding tert-OH is 1. The van der Waals surface area contributed by atoms with Crippen molar-refractivity contribution in [2.24, 2.45) is 0 Å². The molecule has 25 heavy (non-hydrogen) atoms. The lowest BCUT2D eigenvalue weighted by Gasteiger charge is -2.39. The molecule has 0 saturated heterocycles. The van der Waals surface area contributed by atoms with Crippen LogP contribution in [0.4, 0.5) is 11.6 Å². The highest BCUT2D eigenvalue weighted by atomic mass is 16.3. The van der Waals surface area contributed by atoms with Crippen LogP contribution in [0.3, 0.4) is 0 Å². The maximum Gasteiger partial charge on any atom is 0.259 e. The summed E-state index contributed by atoms with van der Waals surface area (Å²) in [6.07, 6.45) is 0.684. The van der Waals surface area contributed by atoms with Gasteiger partial charge < -0.3 is 5.11 Å². The second kappa shape index (κ2) is 6.98. The largest absolute Gasteiger partial charge is 0.396 e. The molecule has 1 aromatic heterocycles. The summed E-state index contributed by atoms with van der Waals surface area (Å²) in [4.78, 5) is 21.8. The van der Waals surface area contributed by atoms with Crippen LogP contribution in [0.25, 0.3) is 0 Å². The topological polar surface area (TPSA) is 61.6 Å². The predicted molar refractivity (Wildman–Crippen MR) is 99.3 cm³/mol. The average Bonchev–Trinajstić information content (AvgIpc) is 2.58. The molecule has 1 aromatic carbocycles. The van der Waals surface area contributed by atoms with Gasteiger partial charge in [0, 0.05) is 30.1 Å². The zero-order valence-corrected chi connectivity index (χ0v) is 15.4. The van der Waals surface area contributed by atoms with Crippen molar-refractivity contribution in [1.29, 1.82) is 0 Å². The fraction of sp³-hybridized carbons (Fsp3) is 0.474. The summed E-state index contributed by atoms with van der Waals surface area (Å²) in [5.74, 6) is 0.695. The Morgan fingerprint density at radius 2 is 1.92 bits per heavy atom. The van der Waals surface area contributed by atoms with Crippen LogP contribution in [-0.4, -0.2) is 39.4 Å². The fourth-order valence-electron chi connectivity index (χ4n) is 3.31. The molecule has 2 aromatic rings. The lowest BCUT2D eigenvalue weighted by Crippen LogP contribution is -2.48. The molecule has 0 unspecified atom stereocenters. The molecule has 0 spiro atoms. The molecule has 0 saturated carbocycles. The molecule has 0 aliphatic carbocycles. The number of benzene rings is 1. The van der Waals surface area contributed by atoms with E-state index in [0.29, 0.717) is 31.3 Å². The minimum atomic E-state index is 0.00552. The van der Waals surface area contributed by atoms with Crippen LogP contribution in [0.2, 0.25) is 0 Å². The van der Waals surface area contributed by atoms with Crippen molar-refractivity contribution >= 4 is 11.6 Å². The van der Waals surface area contributed by atoms with Gasteiger partial charge in [-0.1, -0.05) is 17.7 Å². The number of aliphatic hydroxyl groups is 1. The Kier molecular flexibility index (Phi) is 4.92. The molecule has 1 aliphatic heterocycles. The Balaban J connectivity index is 2.12. The molecule has 0 amide bonds. The summed E-state index contributed by atoms with van der Waals surface area (Å²) in [6, 6.07) is 6.32. The summed E-state index contributed by atoms with van der Waals surface area (Å²) in [6.45, 7) is 9.90. The lowest BCUT2D eigenvalue weighted by atomic mass is 10.1. The second-order valence-electron chi connectivity index (χ2n) is 6.83. The Morgan fingerprint density at radius 3 is 2.60 bits per heavy atom. The molecular weight excluding hydrogens is 316 g/mol. The van der Waals surface area contributed by atoms with E-state index in [0.717, 1.165) is 23.5 Å². The average molecular weight is 342 g/mol. The molecule has 0 bridgehead atoms. The van der Waals surface area contributed by atoms with E-state index in [9.17, 15) is 4.79 Å². The van der Waals surface area contributed by atoms with Gasteiger partial charge in [-0.15, -0.1) is 0 Å². The van der Waals surface area contributed by atoms with Crippen LogP contribution < -0.4 is 10.5 Å². The number of aromatic nitrogens is 2. The van der Waals surface area contributed by atoms with Crippen molar-refractivity contribution in [2.75, 3.05) is 24.7 Å². The van der Waals surface area contributed by atoms with Crippen LogP contribution in [0, 0.1) is 27.7 Å². The van der Waals surface area contributed by atoms with Gasteiger partial charge in [-0.25, -0.2) is 4.98 Å². The van der Waals surface area contributed by atoms with Gasteiger partial charge in [0.15, 0.2) is 0 Å². The van der Waals surface area contributed by atoms with E-state index < -0.39 is 0 Å². The number of hydrogen-bond donors (Lipinski definition) is 1. The van der Waals surface area contributed by atoms with Gasteiger partial charge in [-0.05, 0) is 45.7 Å². The van der Waals surface area contributed by atoms with E-state index in [1.165, 1.54) is 5.56 Å². The van der Waals surface area contributed by atoms with Crippen molar-refractivity contribution in [3.63, 3.8) is 0 Å². The number of rotatable bonds is 4. The first-order valence-electron chi connectivity index (χ1n) is 8.68. The van der Waals surface area contributed by atoms with Crippen LogP contribution in [-0.2, 0) is 6.67 Å². The highest BCUT2D eigenvalue weighted by Crippen LogP contribution is 2.30. The fourth-order valence-corrected chi connectivity index (χ4v) is 3.31. The number of nitrogens with zero attached hydrogens (tertiary/aromatic N) is 4. The number of fused-ring (bicyclic) bond motifs is 1. The quantitative estimate of drug-likeness (QED) is 0.923. The van der Waals surface area contributed by atoms with Gasteiger partial charge >= 0.3 is 0 Å². The molecule has 0 atom stereocenters. The van der Waals surface area contributed by atoms with E-state index in [2.05, 4.69) is 41.8 Å². The third-order valence-corrected chi connectivity index (χ3v) is 4.82. The minimum absolute atomic E-state index is 0.00552. The van der Waals surface area contributed by atoms with Crippen molar-refractivity contribution in [2.45, 2.75) is 40.8 Å². The third-order valence-electron chi connectivity index (χ3n) is 4.82. The summed E-state index contributed by atoms with van der Waals surface area (Å²) < 4.78 is 1.74. The van der Waals surface area contributed by atoms with E-state index in [-0.39, 0.29) is 12.2 Å². The first-order valence-corrected chi connectivity index (χ1v) is 8.68. The first kappa shape index (κ1) is 17.6. The van der Waals surface area contributed by atoms with E-state index in [1.54, 1.807) is 4.57 Å². The Morgan fingerprint density at radius 1 is 1.16 bits per heavy atom. The molecule has 1 N–H and O–H groups in total. The van der Waals surface area contributed by atoms with Crippen molar-refractivity contribution in [1.82, 2.24) is 14.5 Å². The Labute approximate surface area is 148 Å². The summed E-state index contributed by atoms with van der Waals surface area (Å²) in [5.41, 5.74) is 4.89. The van der Waals surface area contributed by atoms with Gasteiger partial charge in [0.2, 0.25) is 5.95 Å². The van der Waals surface area contributed by atoms with E-state index >= 15 is 0 Å². The minimum Gasteiger partial charge on any atom is -0.396 e. The van der Waals surface area contributed by atoms with Gasteiger partial charge in [0.1, 0.15) is 0 Å². The Hall–Kier alpha value is -2.18. The van der Waals surface area contributed by atoms with Crippen molar-refractivity contribution < 1.29 is 5.11 Å². The van der Waals surface area contributed by atoms with Crippen LogP contribution in [0.15, 0.2) is 23.0 Å². The number of hydrogen-bond acceptors (Lipinski definition) is 5. The summed E-state index contributed by atoms with van der Waals surface area (Å²) in [7, 11) is 0. The van der Waals surface area contributed by atoms with Crippen molar-refractivity contribution in [3.05, 3.63) is 50.9 Å². The molecular formula is C19H26N4O2. The standard InChI is InChI=1S/C19H26N4O2/c1-13-6-7-17(14(2)10-13)22-11-21(8-5-9-24)12-23-18(25)15(3)16(4)20-19(22)23/h6-7,10,24H,5,8-9,11-12H2,1-4H3. The zero-order chi connectivity index (χ0) is 18.1. The van der Waals surface area contributed by atoms with E-state index in [4.69, 9.17) is 10.1 Å². The molecule has 0 fully saturated rings. The van der Waals surface area contributed by atoms with Gasteiger partial charge in [-0.2, -0.15) is 0 Å². The first-order chi connectivity index (χ1) is 11.9. The highest BCUT2D eigenvalue weighted by molar-refractivity contribution is 5.63. The van der Waals surface area contributed by atoms with Crippen LogP contribution in [0.1, 0.15) is 28.8 Å². The second-order valence-corrected chi connectivity index (χ2v) is 6.83. The summed E-state index contributed by atoms with van der Waals surface area (Å²) >= 11 is 0. The van der Waals surface area contributed by atoms with Gasteiger partial charge in [0.05, 0.1) is 13.3 Å². The van der Waals surface area contributed by atoms with E-state index in [1.807, 2.05) is 13.8 Å². The molecule has 0 radical (unpaired) electrons. The summed E-state index contributed by atoms with van der Waals surface area (Å²) in [5, 5.41) is 9.16. The Bertz CT molecular complexity index is 844. The predicted octanol–water partition coefficient (Wildman–Crippen LogP) is 2.23. The molecule has 134 valence electrons. The molecule has 1 aliphatic rings. The zero-order valence-electron chi connectivity index (χ0n) is 15.4. The van der Waals surface area contributed by atoms with Gasteiger partial charge in [0.25, 0.3) is 5.56 Å². The molecule has 3 rings (SSSR count). The van der Waals surface area contributed by atoms with Gasteiger partial charge in [-0.3, -0.25) is 19.2 Å². The smallest absolute Gasteiger partial charge is 0.259 e. The molecule has 6 heteroatoms. The lowest BCUT2D eigenvalue weighted by molar-refractivity contribution is 0.175. The maximum absolute atomic E-state index is 12.8. The SMILES string of the molecule is Cc1ccc(N2CN(CCCO)Cn3c2nc(C)c(C)c3=O)c(C)c1. The van der Waals surface area contributed by atoms with Crippen LogP contribution >= 0.6 is 0 Å². The molecule has 2 heterocycles. The monoisotopic (exact) mass is 342 g/mol. The number of anilines is 2. The normalized spacial score (nSPS) is 14.7. The highest BCUT2D eigenvalue weighted by Gasteiger charge is 2.27. The maximum atomic E-state index is 12.8. The third kappa shape index (κ3) is 3.32. The van der Waals surface area contributed by atoms with Crippen LogP contribution in [0.5, 0.6) is 0 Å². The van der Waals surface area contributed by atoms with Crippen molar-refractivity contribution in [3.8, 4) is 0 Å².